The van der Waals surface area contributed by atoms with E-state index in [0.29, 0.717) is 42.6 Å². The molecule has 0 radical (unpaired) electrons. The molecule has 30 heavy (non-hydrogen) atoms. The molecule has 4 rings (SSSR count). The number of ether oxygens (including phenoxy) is 1. The second kappa shape index (κ2) is 8.34. The molecular formula is C23H26FN3O3. The summed E-state index contributed by atoms with van der Waals surface area (Å²) >= 11 is 0. The molecule has 2 aliphatic rings. The van der Waals surface area contributed by atoms with Crippen molar-refractivity contribution in [3.05, 3.63) is 53.3 Å². The fraction of sp³-hybridized carbons (Fsp3) is 0.391. The number of nitrogens with zero attached hydrogens (tertiary/aromatic N) is 1. The molecule has 3 amide bonds. The van der Waals surface area contributed by atoms with Gasteiger partial charge in [0.05, 0.1) is 19.3 Å². The van der Waals surface area contributed by atoms with Gasteiger partial charge in [0, 0.05) is 29.3 Å². The third-order valence-corrected chi connectivity index (χ3v) is 6.13. The number of rotatable bonds is 4. The van der Waals surface area contributed by atoms with E-state index in [0.717, 1.165) is 11.3 Å². The van der Waals surface area contributed by atoms with E-state index in [1.807, 2.05) is 25.1 Å². The minimum Gasteiger partial charge on any atom is -0.496 e. The molecule has 2 N–H and O–H groups in total. The van der Waals surface area contributed by atoms with Gasteiger partial charge < -0.3 is 20.3 Å². The highest BCUT2D eigenvalue weighted by Gasteiger charge is 2.34. The van der Waals surface area contributed by atoms with Gasteiger partial charge in [0.25, 0.3) is 0 Å². The standard InChI is InChI=1S/C23H26FN3O3/c1-14-6-9-16(12-21(14)30-2)25-22(28)15-7-10-17(11-8-15)27-13-18-19(24)4-3-5-20(18)26-23(27)29/h3-6,9,12,15,17H,7-8,10-11,13H2,1-2H3,(H,25,28)(H,26,29). The van der Waals surface area contributed by atoms with Crippen LogP contribution in [0.1, 0.15) is 36.8 Å². The molecule has 0 bridgehead atoms. The van der Waals surface area contributed by atoms with E-state index in [4.69, 9.17) is 4.74 Å². The highest BCUT2D eigenvalue weighted by atomic mass is 19.1. The van der Waals surface area contributed by atoms with Crippen LogP contribution in [0.25, 0.3) is 0 Å². The van der Waals surface area contributed by atoms with Crippen LogP contribution >= 0.6 is 0 Å². The number of carbonyl (C=O) groups excluding carboxylic acids is 2. The molecule has 1 fully saturated rings. The fourth-order valence-electron chi connectivity index (χ4n) is 4.35. The first-order chi connectivity index (χ1) is 14.5. The van der Waals surface area contributed by atoms with E-state index in [-0.39, 0.29) is 36.3 Å². The lowest BCUT2D eigenvalue weighted by molar-refractivity contribution is -0.121. The molecule has 1 heterocycles. The SMILES string of the molecule is COc1cc(NC(=O)C2CCC(N3Cc4c(F)cccc4NC3=O)CC2)ccc1C. The maximum atomic E-state index is 14.2. The zero-order valence-electron chi connectivity index (χ0n) is 17.2. The molecule has 1 saturated carbocycles. The second-order valence-corrected chi connectivity index (χ2v) is 8.00. The van der Waals surface area contributed by atoms with Crippen LogP contribution in [0.5, 0.6) is 5.75 Å². The Kier molecular flexibility index (Phi) is 5.61. The van der Waals surface area contributed by atoms with Crippen LogP contribution in [0.15, 0.2) is 36.4 Å². The van der Waals surface area contributed by atoms with Crippen molar-refractivity contribution in [1.29, 1.82) is 0 Å². The summed E-state index contributed by atoms with van der Waals surface area (Å²) in [5.41, 5.74) is 2.78. The number of urea groups is 1. The molecule has 2 aromatic rings. The van der Waals surface area contributed by atoms with E-state index in [1.165, 1.54) is 6.07 Å². The van der Waals surface area contributed by atoms with Gasteiger partial charge in [-0.1, -0.05) is 12.1 Å². The van der Waals surface area contributed by atoms with Crippen LogP contribution in [0.4, 0.5) is 20.6 Å². The van der Waals surface area contributed by atoms with Crippen molar-refractivity contribution < 1.29 is 18.7 Å². The summed E-state index contributed by atoms with van der Waals surface area (Å²) in [4.78, 5) is 26.9. The predicted octanol–water partition coefficient (Wildman–Crippen LogP) is 4.69. The van der Waals surface area contributed by atoms with Gasteiger partial charge in [-0.3, -0.25) is 4.79 Å². The molecular weight excluding hydrogens is 385 g/mol. The van der Waals surface area contributed by atoms with E-state index in [2.05, 4.69) is 10.6 Å². The average molecular weight is 411 g/mol. The Hall–Kier alpha value is -3.09. The third kappa shape index (κ3) is 3.97. The number of hydrogen-bond donors (Lipinski definition) is 2. The number of benzene rings is 2. The van der Waals surface area contributed by atoms with E-state index >= 15 is 0 Å². The number of hydrogen-bond acceptors (Lipinski definition) is 3. The van der Waals surface area contributed by atoms with Gasteiger partial charge in [0.2, 0.25) is 5.91 Å². The molecule has 0 unspecified atom stereocenters. The Morgan fingerprint density at radius 2 is 1.97 bits per heavy atom. The zero-order valence-corrected chi connectivity index (χ0v) is 17.2. The van der Waals surface area contributed by atoms with Crippen LogP contribution in [-0.2, 0) is 11.3 Å². The van der Waals surface area contributed by atoms with Crippen molar-refractivity contribution in [1.82, 2.24) is 4.90 Å². The molecule has 0 saturated heterocycles. The minimum atomic E-state index is -0.306. The van der Waals surface area contributed by atoms with Gasteiger partial charge in [0.15, 0.2) is 0 Å². The van der Waals surface area contributed by atoms with Gasteiger partial charge in [-0.25, -0.2) is 9.18 Å². The van der Waals surface area contributed by atoms with Crippen molar-refractivity contribution in [2.45, 2.75) is 45.2 Å². The number of methoxy groups -OCH3 is 1. The van der Waals surface area contributed by atoms with E-state index in [9.17, 15) is 14.0 Å². The Morgan fingerprint density at radius 3 is 2.70 bits per heavy atom. The lowest BCUT2D eigenvalue weighted by Crippen LogP contribution is -2.47. The number of halogens is 1. The van der Waals surface area contributed by atoms with Gasteiger partial charge in [-0.2, -0.15) is 0 Å². The second-order valence-electron chi connectivity index (χ2n) is 8.00. The fourth-order valence-corrected chi connectivity index (χ4v) is 4.35. The van der Waals surface area contributed by atoms with Crippen LogP contribution in [0.2, 0.25) is 0 Å². The van der Waals surface area contributed by atoms with Crippen LogP contribution in [0, 0.1) is 18.7 Å². The molecule has 158 valence electrons. The number of fused-ring (bicyclic) bond motifs is 1. The quantitative estimate of drug-likeness (QED) is 0.767. The number of carbonyl (C=O) groups is 2. The Bertz CT molecular complexity index is 970. The zero-order chi connectivity index (χ0) is 21.3. The molecule has 6 nitrogen and oxygen atoms in total. The molecule has 0 spiro atoms. The summed E-state index contributed by atoms with van der Waals surface area (Å²) in [6, 6.07) is 10.1. The molecule has 0 atom stereocenters. The van der Waals surface area contributed by atoms with Crippen molar-refractivity contribution in [2.75, 3.05) is 17.7 Å². The third-order valence-electron chi connectivity index (χ3n) is 6.13. The van der Waals surface area contributed by atoms with Gasteiger partial charge in [-0.05, 0) is 56.4 Å². The summed E-state index contributed by atoms with van der Waals surface area (Å²) in [6.07, 6.45) is 2.81. The Balaban J connectivity index is 1.36. The lowest BCUT2D eigenvalue weighted by atomic mass is 9.84. The van der Waals surface area contributed by atoms with E-state index in [1.54, 1.807) is 24.1 Å². The number of amides is 3. The molecule has 1 aliphatic carbocycles. The van der Waals surface area contributed by atoms with Crippen molar-refractivity contribution in [3.8, 4) is 5.75 Å². The number of aryl methyl sites for hydroxylation is 1. The highest BCUT2D eigenvalue weighted by molar-refractivity contribution is 5.93. The summed E-state index contributed by atoms with van der Waals surface area (Å²) in [5.74, 6) is 0.309. The largest absolute Gasteiger partial charge is 0.496 e. The normalized spacial score (nSPS) is 20.9. The van der Waals surface area contributed by atoms with Crippen molar-refractivity contribution in [2.24, 2.45) is 5.92 Å². The van der Waals surface area contributed by atoms with Gasteiger partial charge >= 0.3 is 6.03 Å². The Labute approximate surface area is 175 Å². The maximum Gasteiger partial charge on any atom is 0.322 e. The first-order valence-corrected chi connectivity index (χ1v) is 10.3. The van der Waals surface area contributed by atoms with Crippen LogP contribution in [0.3, 0.4) is 0 Å². The number of anilines is 2. The topological polar surface area (TPSA) is 70.7 Å². The average Bonchev–Trinajstić information content (AvgIpc) is 2.75. The van der Waals surface area contributed by atoms with Gasteiger partial charge in [-0.15, -0.1) is 0 Å². The monoisotopic (exact) mass is 411 g/mol. The molecule has 1 aliphatic heterocycles. The number of nitrogens with one attached hydrogen (secondary N) is 2. The first-order valence-electron chi connectivity index (χ1n) is 10.3. The first kappa shape index (κ1) is 20.2. The lowest BCUT2D eigenvalue weighted by Gasteiger charge is -2.39. The summed E-state index contributed by atoms with van der Waals surface area (Å²) in [6.45, 7) is 2.21. The Morgan fingerprint density at radius 1 is 1.20 bits per heavy atom. The highest BCUT2D eigenvalue weighted by Crippen LogP contribution is 2.34. The molecule has 0 aromatic heterocycles. The minimum absolute atomic E-state index is 0.00118. The predicted molar refractivity (Wildman–Crippen MR) is 113 cm³/mol. The summed E-state index contributed by atoms with van der Waals surface area (Å²) < 4.78 is 19.5. The molecule has 7 heteroatoms. The summed E-state index contributed by atoms with van der Waals surface area (Å²) in [5, 5.41) is 5.76. The summed E-state index contributed by atoms with van der Waals surface area (Å²) in [7, 11) is 1.61. The van der Waals surface area contributed by atoms with Crippen LogP contribution in [-0.4, -0.2) is 30.0 Å². The molecule has 2 aromatic carbocycles. The smallest absolute Gasteiger partial charge is 0.322 e. The van der Waals surface area contributed by atoms with Crippen molar-refractivity contribution in [3.63, 3.8) is 0 Å². The van der Waals surface area contributed by atoms with Crippen molar-refractivity contribution >= 4 is 23.3 Å². The van der Waals surface area contributed by atoms with Gasteiger partial charge in [0.1, 0.15) is 11.6 Å². The maximum absolute atomic E-state index is 14.2. The van der Waals surface area contributed by atoms with Crippen LogP contribution < -0.4 is 15.4 Å². The van der Waals surface area contributed by atoms with E-state index < -0.39 is 0 Å².